The van der Waals surface area contributed by atoms with Gasteiger partial charge in [0.15, 0.2) is 5.82 Å². The first-order valence-electron chi connectivity index (χ1n) is 6.11. The van der Waals surface area contributed by atoms with Gasteiger partial charge in [0.2, 0.25) is 0 Å². The van der Waals surface area contributed by atoms with Crippen LogP contribution in [0.25, 0.3) is 10.8 Å². The summed E-state index contributed by atoms with van der Waals surface area (Å²) >= 11 is 0. The number of hydrogen-bond acceptors (Lipinski definition) is 4. The van der Waals surface area contributed by atoms with Crippen LogP contribution in [0.4, 0.5) is 5.82 Å². The van der Waals surface area contributed by atoms with E-state index in [1.165, 1.54) is 0 Å². The number of nitrogens with zero attached hydrogens (tertiary/aromatic N) is 4. The summed E-state index contributed by atoms with van der Waals surface area (Å²) in [6, 6.07) is 10.3. The van der Waals surface area contributed by atoms with E-state index in [0.29, 0.717) is 13.0 Å². The van der Waals surface area contributed by atoms with Gasteiger partial charge in [-0.1, -0.05) is 24.3 Å². The highest BCUT2D eigenvalue weighted by Crippen LogP contribution is 2.25. The Balaban J connectivity index is 2.50. The number of nitriles is 1. The highest BCUT2D eigenvalue weighted by Gasteiger charge is 2.11. The van der Waals surface area contributed by atoms with Gasteiger partial charge in [0.1, 0.15) is 0 Å². The summed E-state index contributed by atoms with van der Waals surface area (Å²) in [6.07, 6.45) is 0.498. The van der Waals surface area contributed by atoms with E-state index < -0.39 is 0 Å². The molecule has 0 radical (unpaired) electrons. The minimum absolute atomic E-state index is 0.498. The Morgan fingerprint density at radius 3 is 2.61 bits per heavy atom. The molecule has 18 heavy (non-hydrogen) atoms. The molecule has 0 unspecified atom stereocenters. The maximum absolute atomic E-state index is 8.70. The summed E-state index contributed by atoms with van der Waals surface area (Å²) in [5.74, 6) is 0.869. The second-order valence-corrected chi connectivity index (χ2v) is 4.14. The van der Waals surface area contributed by atoms with Crippen molar-refractivity contribution in [2.24, 2.45) is 0 Å². The number of benzene rings is 1. The van der Waals surface area contributed by atoms with Crippen molar-refractivity contribution < 1.29 is 0 Å². The SMILES string of the molecule is CCN(CCC#N)c1nnc(C)c2ccccc12. The van der Waals surface area contributed by atoms with Gasteiger partial charge >= 0.3 is 0 Å². The first-order chi connectivity index (χ1) is 8.77. The second kappa shape index (κ2) is 5.46. The van der Waals surface area contributed by atoms with Crippen LogP contribution in [0.1, 0.15) is 19.0 Å². The molecule has 1 aromatic carbocycles. The fourth-order valence-electron chi connectivity index (χ4n) is 2.06. The third-order valence-electron chi connectivity index (χ3n) is 3.03. The van der Waals surface area contributed by atoms with Crippen molar-refractivity contribution in [1.29, 1.82) is 5.26 Å². The Morgan fingerprint density at radius 2 is 1.94 bits per heavy atom. The van der Waals surface area contributed by atoms with Crippen LogP contribution in [-0.2, 0) is 0 Å². The Kier molecular flexibility index (Phi) is 3.73. The molecular weight excluding hydrogens is 224 g/mol. The number of aryl methyl sites for hydroxylation is 1. The lowest BCUT2D eigenvalue weighted by molar-refractivity contribution is 0.798. The standard InChI is InChI=1S/C14H16N4/c1-3-18(10-6-9-15)14-13-8-5-4-7-12(13)11(2)16-17-14/h4-5,7-8H,3,6,10H2,1-2H3. The van der Waals surface area contributed by atoms with Crippen LogP contribution in [0.3, 0.4) is 0 Å². The van der Waals surface area contributed by atoms with Gasteiger partial charge in [-0.2, -0.15) is 10.4 Å². The monoisotopic (exact) mass is 240 g/mol. The molecule has 0 bridgehead atoms. The highest BCUT2D eigenvalue weighted by molar-refractivity contribution is 5.93. The largest absolute Gasteiger partial charge is 0.354 e. The maximum Gasteiger partial charge on any atom is 0.159 e. The van der Waals surface area contributed by atoms with Crippen molar-refractivity contribution in [2.45, 2.75) is 20.3 Å². The lowest BCUT2D eigenvalue weighted by Gasteiger charge is -2.21. The minimum atomic E-state index is 0.498. The summed E-state index contributed by atoms with van der Waals surface area (Å²) in [5.41, 5.74) is 0.936. The second-order valence-electron chi connectivity index (χ2n) is 4.14. The first kappa shape index (κ1) is 12.3. The lowest BCUT2D eigenvalue weighted by Crippen LogP contribution is -2.25. The van der Waals surface area contributed by atoms with Gasteiger partial charge in [-0.25, -0.2) is 0 Å². The molecule has 92 valence electrons. The van der Waals surface area contributed by atoms with Gasteiger partial charge in [-0.15, -0.1) is 5.10 Å². The Hall–Kier alpha value is -2.15. The number of hydrogen-bond donors (Lipinski definition) is 0. The van der Waals surface area contributed by atoms with Crippen LogP contribution in [-0.4, -0.2) is 23.3 Å². The number of aromatic nitrogens is 2. The minimum Gasteiger partial charge on any atom is -0.354 e. The van der Waals surface area contributed by atoms with Gasteiger partial charge in [0.25, 0.3) is 0 Å². The van der Waals surface area contributed by atoms with Crippen molar-refractivity contribution >= 4 is 16.6 Å². The van der Waals surface area contributed by atoms with E-state index in [1.807, 2.05) is 19.1 Å². The molecule has 2 rings (SSSR count). The number of fused-ring (bicyclic) bond motifs is 1. The van der Waals surface area contributed by atoms with Gasteiger partial charge in [0.05, 0.1) is 18.2 Å². The van der Waals surface area contributed by atoms with Gasteiger partial charge < -0.3 is 4.90 Å². The van der Waals surface area contributed by atoms with E-state index in [4.69, 9.17) is 5.26 Å². The molecule has 0 amide bonds. The smallest absolute Gasteiger partial charge is 0.159 e. The summed E-state index contributed by atoms with van der Waals surface area (Å²) in [4.78, 5) is 2.10. The molecule has 1 heterocycles. The number of rotatable bonds is 4. The lowest BCUT2D eigenvalue weighted by atomic mass is 10.1. The van der Waals surface area contributed by atoms with Crippen molar-refractivity contribution in [3.8, 4) is 6.07 Å². The zero-order chi connectivity index (χ0) is 13.0. The summed E-state index contributed by atoms with van der Waals surface area (Å²) in [6.45, 7) is 5.54. The Bertz CT molecular complexity index is 586. The zero-order valence-electron chi connectivity index (χ0n) is 10.7. The summed E-state index contributed by atoms with van der Waals surface area (Å²) < 4.78 is 0. The van der Waals surface area contributed by atoms with Crippen molar-refractivity contribution in [2.75, 3.05) is 18.0 Å². The first-order valence-corrected chi connectivity index (χ1v) is 6.11. The van der Waals surface area contributed by atoms with Crippen molar-refractivity contribution in [3.63, 3.8) is 0 Å². The van der Waals surface area contributed by atoms with Gasteiger partial charge in [0, 0.05) is 23.9 Å². The van der Waals surface area contributed by atoms with Crippen LogP contribution in [0.5, 0.6) is 0 Å². The van der Waals surface area contributed by atoms with Crippen molar-refractivity contribution in [1.82, 2.24) is 10.2 Å². The fraction of sp³-hybridized carbons (Fsp3) is 0.357. The molecule has 4 nitrogen and oxygen atoms in total. The van der Waals surface area contributed by atoms with Crippen LogP contribution < -0.4 is 4.90 Å². The molecule has 0 fully saturated rings. The molecule has 0 atom stereocenters. The summed E-state index contributed by atoms with van der Waals surface area (Å²) in [7, 11) is 0. The molecule has 4 heteroatoms. The van der Waals surface area contributed by atoms with Crippen LogP contribution in [0, 0.1) is 18.3 Å². The maximum atomic E-state index is 8.70. The molecule has 0 aliphatic heterocycles. The molecule has 0 spiro atoms. The quantitative estimate of drug-likeness (QED) is 0.824. The molecule has 0 saturated carbocycles. The van der Waals surface area contributed by atoms with E-state index in [1.54, 1.807) is 0 Å². The van der Waals surface area contributed by atoms with E-state index in [9.17, 15) is 0 Å². The van der Waals surface area contributed by atoms with Crippen LogP contribution in [0.15, 0.2) is 24.3 Å². The molecule has 1 aromatic heterocycles. The van der Waals surface area contributed by atoms with Crippen molar-refractivity contribution in [3.05, 3.63) is 30.0 Å². The van der Waals surface area contributed by atoms with Crippen LogP contribution in [0.2, 0.25) is 0 Å². The average molecular weight is 240 g/mol. The van der Waals surface area contributed by atoms with Gasteiger partial charge in [-0.3, -0.25) is 0 Å². The fourth-order valence-corrected chi connectivity index (χ4v) is 2.06. The molecule has 0 N–H and O–H groups in total. The van der Waals surface area contributed by atoms with E-state index in [-0.39, 0.29) is 0 Å². The molecular formula is C14H16N4. The topological polar surface area (TPSA) is 52.8 Å². The Labute approximate surface area is 107 Å². The zero-order valence-corrected chi connectivity index (χ0v) is 10.7. The molecule has 2 aromatic rings. The molecule has 0 aliphatic rings. The normalized spacial score (nSPS) is 10.3. The third kappa shape index (κ3) is 2.25. The van der Waals surface area contributed by atoms with E-state index in [0.717, 1.165) is 28.8 Å². The van der Waals surface area contributed by atoms with Gasteiger partial charge in [-0.05, 0) is 13.8 Å². The predicted octanol–water partition coefficient (Wildman–Crippen LogP) is 2.68. The van der Waals surface area contributed by atoms with E-state index >= 15 is 0 Å². The van der Waals surface area contributed by atoms with Crippen LogP contribution >= 0.6 is 0 Å². The highest BCUT2D eigenvalue weighted by atomic mass is 15.3. The van der Waals surface area contributed by atoms with E-state index in [2.05, 4.69) is 40.2 Å². The number of anilines is 1. The summed E-state index contributed by atoms with van der Waals surface area (Å²) in [5, 5.41) is 19.4. The molecule has 0 aliphatic carbocycles. The predicted molar refractivity (Wildman–Crippen MR) is 72.4 cm³/mol. The third-order valence-corrected chi connectivity index (χ3v) is 3.03. The Morgan fingerprint density at radius 1 is 1.22 bits per heavy atom. The molecule has 0 saturated heterocycles. The average Bonchev–Trinajstić information content (AvgIpc) is 2.42.